The SMILES string of the molecule is CCCC(C)Cc1ncc2c(OCC3CCC(O)CC3)ncc(C3CCC(O)CC3)c2n1. The van der Waals surface area contributed by atoms with Gasteiger partial charge in [0.15, 0.2) is 0 Å². The van der Waals surface area contributed by atoms with Gasteiger partial charge in [-0.2, -0.15) is 0 Å². The van der Waals surface area contributed by atoms with Gasteiger partial charge in [-0.15, -0.1) is 0 Å². The standard InChI is InChI=1S/C26H39N3O3/c1-3-4-17(2)13-24-27-15-23-25(29-24)22(19-7-11-21(31)12-8-19)14-28-26(23)32-16-18-5-9-20(30)10-6-18/h14-15,17-21,30-31H,3-13,16H2,1-2H3. The van der Waals surface area contributed by atoms with E-state index in [1.807, 2.05) is 12.4 Å². The highest BCUT2D eigenvalue weighted by Crippen LogP contribution is 2.37. The molecule has 2 N–H and O–H groups in total. The Morgan fingerprint density at radius 3 is 2.34 bits per heavy atom. The molecule has 0 amide bonds. The summed E-state index contributed by atoms with van der Waals surface area (Å²) in [7, 11) is 0. The minimum atomic E-state index is -0.179. The average molecular weight is 442 g/mol. The van der Waals surface area contributed by atoms with Gasteiger partial charge in [0.1, 0.15) is 5.82 Å². The largest absolute Gasteiger partial charge is 0.477 e. The average Bonchev–Trinajstić information content (AvgIpc) is 2.79. The lowest BCUT2D eigenvalue weighted by atomic mass is 9.82. The molecule has 2 aliphatic rings. The van der Waals surface area contributed by atoms with Crippen LogP contribution in [-0.2, 0) is 6.42 Å². The van der Waals surface area contributed by atoms with E-state index in [2.05, 4.69) is 18.8 Å². The summed E-state index contributed by atoms with van der Waals surface area (Å²) >= 11 is 0. The molecule has 176 valence electrons. The molecule has 0 aromatic carbocycles. The van der Waals surface area contributed by atoms with Crippen molar-refractivity contribution in [1.29, 1.82) is 0 Å². The van der Waals surface area contributed by atoms with Gasteiger partial charge in [-0.1, -0.05) is 26.7 Å². The van der Waals surface area contributed by atoms with Crippen LogP contribution in [0.15, 0.2) is 12.4 Å². The summed E-state index contributed by atoms with van der Waals surface area (Å²) in [5.74, 6) is 2.92. The first-order valence-electron chi connectivity index (χ1n) is 12.7. The van der Waals surface area contributed by atoms with Crippen molar-refractivity contribution in [2.75, 3.05) is 6.61 Å². The quantitative estimate of drug-likeness (QED) is 0.602. The number of aliphatic hydroxyl groups excluding tert-OH is 2. The number of nitrogens with zero attached hydrogens (tertiary/aromatic N) is 3. The van der Waals surface area contributed by atoms with Gasteiger partial charge in [-0.3, -0.25) is 0 Å². The van der Waals surface area contributed by atoms with Crippen molar-refractivity contribution in [3.05, 3.63) is 23.8 Å². The molecular weight excluding hydrogens is 402 g/mol. The van der Waals surface area contributed by atoms with Crippen LogP contribution >= 0.6 is 0 Å². The van der Waals surface area contributed by atoms with Crippen molar-refractivity contribution in [3.63, 3.8) is 0 Å². The number of ether oxygens (including phenoxy) is 1. The Hall–Kier alpha value is -1.79. The number of rotatable bonds is 8. The number of hydrogen-bond acceptors (Lipinski definition) is 6. The van der Waals surface area contributed by atoms with Crippen molar-refractivity contribution in [2.24, 2.45) is 11.8 Å². The molecule has 0 bridgehead atoms. The van der Waals surface area contributed by atoms with E-state index in [1.165, 1.54) is 18.4 Å². The smallest absolute Gasteiger partial charge is 0.224 e. The zero-order chi connectivity index (χ0) is 22.5. The second-order valence-corrected chi connectivity index (χ2v) is 10.2. The van der Waals surface area contributed by atoms with Crippen LogP contribution in [0.25, 0.3) is 10.9 Å². The first-order chi connectivity index (χ1) is 15.5. The summed E-state index contributed by atoms with van der Waals surface area (Å²) in [5.41, 5.74) is 2.15. The molecule has 6 heteroatoms. The van der Waals surface area contributed by atoms with Crippen LogP contribution in [0, 0.1) is 11.8 Å². The van der Waals surface area contributed by atoms with Crippen LogP contribution in [0.1, 0.15) is 95.4 Å². The van der Waals surface area contributed by atoms with Gasteiger partial charge in [-0.05, 0) is 69.1 Å². The van der Waals surface area contributed by atoms with Crippen LogP contribution in [0.2, 0.25) is 0 Å². The molecule has 6 nitrogen and oxygen atoms in total. The lowest BCUT2D eigenvalue weighted by molar-refractivity contribution is 0.0911. The van der Waals surface area contributed by atoms with Crippen LogP contribution in [0.5, 0.6) is 5.88 Å². The molecule has 32 heavy (non-hydrogen) atoms. The highest BCUT2D eigenvalue weighted by atomic mass is 16.5. The molecule has 4 rings (SSSR count). The second kappa shape index (κ2) is 10.9. The van der Waals surface area contributed by atoms with Gasteiger partial charge in [0.25, 0.3) is 0 Å². The third kappa shape index (κ3) is 5.76. The van der Waals surface area contributed by atoms with E-state index in [-0.39, 0.29) is 12.2 Å². The molecule has 1 unspecified atom stereocenters. The lowest BCUT2D eigenvalue weighted by Gasteiger charge is -2.27. The highest BCUT2D eigenvalue weighted by molar-refractivity contribution is 5.85. The lowest BCUT2D eigenvalue weighted by Crippen LogP contribution is -2.23. The van der Waals surface area contributed by atoms with E-state index in [1.54, 1.807) is 0 Å². The Balaban J connectivity index is 1.59. The zero-order valence-corrected chi connectivity index (χ0v) is 19.7. The summed E-state index contributed by atoms with van der Waals surface area (Å²) in [5, 5.41) is 20.6. The van der Waals surface area contributed by atoms with Crippen molar-refractivity contribution in [2.45, 2.75) is 103 Å². The molecule has 0 spiro atoms. The molecule has 2 aliphatic carbocycles. The van der Waals surface area contributed by atoms with Gasteiger partial charge >= 0.3 is 0 Å². The van der Waals surface area contributed by atoms with Gasteiger partial charge < -0.3 is 14.9 Å². The van der Waals surface area contributed by atoms with Crippen LogP contribution in [0.3, 0.4) is 0 Å². The Bertz CT molecular complexity index is 874. The van der Waals surface area contributed by atoms with E-state index < -0.39 is 0 Å². The fraction of sp³-hybridized carbons (Fsp3) is 0.731. The summed E-state index contributed by atoms with van der Waals surface area (Å²) in [6.45, 7) is 5.11. The van der Waals surface area contributed by atoms with E-state index in [0.29, 0.717) is 30.2 Å². The van der Waals surface area contributed by atoms with Gasteiger partial charge in [0, 0.05) is 24.4 Å². The first-order valence-corrected chi connectivity index (χ1v) is 12.7. The predicted octanol–water partition coefficient (Wildman–Crippen LogP) is 4.95. The minimum Gasteiger partial charge on any atom is -0.477 e. The Labute approximate surface area is 191 Å². The fourth-order valence-corrected chi connectivity index (χ4v) is 5.37. The summed E-state index contributed by atoms with van der Waals surface area (Å²) in [6.07, 6.45) is 14.1. The zero-order valence-electron chi connectivity index (χ0n) is 19.7. The fourth-order valence-electron chi connectivity index (χ4n) is 5.37. The number of aromatic nitrogens is 3. The molecule has 2 saturated carbocycles. The molecule has 0 radical (unpaired) electrons. The molecule has 2 aromatic heterocycles. The molecular formula is C26H39N3O3. The molecule has 0 aliphatic heterocycles. The Morgan fingerprint density at radius 1 is 0.969 bits per heavy atom. The van der Waals surface area contributed by atoms with Crippen LogP contribution in [0.4, 0.5) is 0 Å². The van der Waals surface area contributed by atoms with Crippen molar-refractivity contribution in [3.8, 4) is 5.88 Å². The van der Waals surface area contributed by atoms with Crippen LogP contribution in [-0.4, -0.2) is 44.0 Å². The first kappa shape index (κ1) is 23.4. The maximum Gasteiger partial charge on any atom is 0.224 e. The van der Waals surface area contributed by atoms with Crippen molar-refractivity contribution in [1.82, 2.24) is 15.0 Å². The maximum absolute atomic E-state index is 9.96. The number of hydrogen-bond donors (Lipinski definition) is 2. The topological polar surface area (TPSA) is 88.4 Å². The van der Waals surface area contributed by atoms with Crippen LogP contribution < -0.4 is 4.74 Å². The van der Waals surface area contributed by atoms with E-state index in [4.69, 9.17) is 14.7 Å². The summed E-state index contributed by atoms with van der Waals surface area (Å²) in [6, 6.07) is 0. The molecule has 2 aromatic rings. The van der Waals surface area contributed by atoms with E-state index >= 15 is 0 Å². The minimum absolute atomic E-state index is 0.152. The maximum atomic E-state index is 9.96. The highest BCUT2D eigenvalue weighted by Gasteiger charge is 2.25. The monoisotopic (exact) mass is 441 g/mol. The molecule has 0 saturated heterocycles. The Morgan fingerprint density at radius 2 is 1.66 bits per heavy atom. The molecule has 2 fully saturated rings. The molecule has 2 heterocycles. The van der Waals surface area contributed by atoms with E-state index in [0.717, 1.165) is 74.5 Å². The number of fused-ring (bicyclic) bond motifs is 1. The van der Waals surface area contributed by atoms with Gasteiger partial charge in [-0.25, -0.2) is 15.0 Å². The number of pyridine rings is 1. The third-order valence-corrected chi connectivity index (χ3v) is 7.38. The Kier molecular flexibility index (Phi) is 7.95. The summed E-state index contributed by atoms with van der Waals surface area (Å²) in [4.78, 5) is 14.4. The van der Waals surface area contributed by atoms with Gasteiger partial charge in [0.2, 0.25) is 5.88 Å². The normalized spacial score (nSPS) is 27.4. The van der Waals surface area contributed by atoms with Gasteiger partial charge in [0.05, 0.1) is 29.7 Å². The predicted molar refractivity (Wildman–Crippen MR) is 126 cm³/mol. The third-order valence-electron chi connectivity index (χ3n) is 7.38. The second-order valence-electron chi connectivity index (χ2n) is 10.2. The van der Waals surface area contributed by atoms with E-state index in [9.17, 15) is 10.2 Å². The van der Waals surface area contributed by atoms with Crippen molar-refractivity contribution >= 4 is 10.9 Å². The molecule has 1 atom stereocenters. The number of aliphatic hydroxyl groups is 2. The van der Waals surface area contributed by atoms with Crippen molar-refractivity contribution < 1.29 is 14.9 Å². The summed E-state index contributed by atoms with van der Waals surface area (Å²) < 4.78 is 6.20.